The summed E-state index contributed by atoms with van der Waals surface area (Å²) in [4.78, 5) is 0. The van der Waals surface area contributed by atoms with Crippen molar-refractivity contribution < 1.29 is 9.84 Å². The van der Waals surface area contributed by atoms with Crippen molar-refractivity contribution in [2.45, 2.75) is 19.4 Å². The molecule has 3 heteroatoms. The lowest BCUT2D eigenvalue weighted by Crippen LogP contribution is -1.97. The van der Waals surface area contributed by atoms with Gasteiger partial charge in [0.15, 0.2) is 0 Å². The number of ether oxygens (including phenoxy) is 1. The minimum Gasteiger partial charge on any atom is -0.491 e. The van der Waals surface area contributed by atoms with E-state index in [1.165, 1.54) is 0 Å². The Morgan fingerprint density at radius 1 is 1.60 bits per heavy atom. The van der Waals surface area contributed by atoms with Crippen molar-refractivity contribution in [3.05, 3.63) is 28.8 Å². The SMILES string of the molecule is C#CCCOc1ccc([C@@H](C)O)cc1Cl. The van der Waals surface area contributed by atoms with E-state index in [9.17, 15) is 5.11 Å². The number of aliphatic hydroxyl groups is 1. The van der Waals surface area contributed by atoms with Gasteiger partial charge in [-0.25, -0.2) is 0 Å². The third kappa shape index (κ3) is 3.47. The monoisotopic (exact) mass is 224 g/mol. The first-order valence-electron chi connectivity index (χ1n) is 4.69. The van der Waals surface area contributed by atoms with Gasteiger partial charge in [-0.1, -0.05) is 17.7 Å². The molecule has 2 nitrogen and oxygen atoms in total. The summed E-state index contributed by atoms with van der Waals surface area (Å²) in [5, 5.41) is 9.82. The summed E-state index contributed by atoms with van der Waals surface area (Å²) in [5.41, 5.74) is 0.768. The molecule has 0 aliphatic carbocycles. The lowest BCUT2D eigenvalue weighted by atomic mass is 10.1. The Bertz CT molecular complexity index is 366. The lowest BCUT2D eigenvalue weighted by Gasteiger charge is -2.09. The molecule has 1 aromatic rings. The molecule has 0 unspecified atom stereocenters. The highest BCUT2D eigenvalue weighted by Gasteiger charge is 2.06. The van der Waals surface area contributed by atoms with Crippen LogP contribution in [0, 0.1) is 12.3 Å². The lowest BCUT2D eigenvalue weighted by molar-refractivity contribution is 0.199. The average molecular weight is 225 g/mol. The maximum Gasteiger partial charge on any atom is 0.137 e. The first-order valence-corrected chi connectivity index (χ1v) is 5.06. The molecule has 0 saturated heterocycles. The van der Waals surface area contributed by atoms with Crippen LogP contribution in [0.1, 0.15) is 25.0 Å². The van der Waals surface area contributed by atoms with Crippen LogP contribution in [0.5, 0.6) is 5.75 Å². The Kier molecular flexibility index (Phi) is 4.48. The zero-order valence-corrected chi connectivity index (χ0v) is 9.29. The van der Waals surface area contributed by atoms with Gasteiger partial charge >= 0.3 is 0 Å². The summed E-state index contributed by atoms with van der Waals surface area (Å²) in [6.07, 6.45) is 5.12. The Morgan fingerprint density at radius 2 is 2.33 bits per heavy atom. The van der Waals surface area contributed by atoms with Gasteiger partial charge in [-0.3, -0.25) is 0 Å². The van der Waals surface area contributed by atoms with Crippen LogP contribution in [0.25, 0.3) is 0 Å². The minimum atomic E-state index is -0.526. The summed E-state index contributed by atoms with van der Waals surface area (Å²) in [5.74, 6) is 3.07. The van der Waals surface area contributed by atoms with E-state index in [0.717, 1.165) is 5.56 Å². The van der Waals surface area contributed by atoms with E-state index in [4.69, 9.17) is 22.8 Å². The zero-order valence-electron chi connectivity index (χ0n) is 8.53. The van der Waals surface area contributed by atoms with Crippen molar-refractivity contribution in [1.29, 1.82) is 0 Å². The van der Waals surface area contributed by atoms with Crippen LogP contribution >= 0.6 is 11.6 Å². The summed E-state index contributed by atoms with van der Waals surface area (Å²) < 4.78 is 5.36. The van der Waals surface area contributed by atoms with E-state index in [1.807, 2.05) is 0 Å². The summed E-state index contributed by atoms with van der Waals surface area (Å²) in [6.45, 7) is 2.13. The molecule has 1 rings (SSSR count). The van der Waals surface area contributed by atoms with E-state index in [1.54, 1.807) is 25.1 Å². The molecule has 15 heavy (non-hydrogen) atoms. The minimum absolute atomic E-state index is 0.449. The first kappa shape index (κ1) is 11.9. The van der Waals surface area contributed by atoms with Crippen molar-refractivity contribution in [3.63, 3.8) is 0 Å². The molecule has 0 aromatic heterocycles. The molecule has 1 aromatic carbocycles. The second-order valence-corrected chi connectivity index (χ2v) is 3.58. The van der Waals surface area contributed by atoms with Crippen molar-refractivity contribution in [1.82, 2.24) is 0 Å². The molecule has 0 aliphatic heterocycles. The summed E-state index contributed by atoms with van der Waals surface area (Å²) in [7, 11) is 0. The molecule has 1 N–H and O–H groups in total. The fourth-order valence-corrected chi connectivity index (χ4v) is 1.36. The quantitative estimate of drug-likeness (QED) is 0.630. The second-order valence-electron chi connectivity index (χ2n) is 3.17. The second kappa shape index (κ2) is 5.65. The standard InChI is InChI=1S/C12H13ClO2/c1-3-4-7-15-12-6-5-10(9(2)14)8-11(12)13/h1,5-6,8-9,14H,4,7H2,2H3/t9-/m1/s1. The molecular formula is C12H13ClO2. The Balaban J connectivity index is 2.71. The highest BCUT2D eigenvalue weighted by atomic mass is 35.5. The highest BCUT2D eigenvalue weighted by molar-refractivity contribution is 6.32. The maximum absolute atomic E-state index is 9.33. The van der Waals surface area contributed by atoms with Gasteiger partial charge in [-0.15, -0.1) is 12.3 Å². The van der Waals surface area contributed by atoms with Crippen LogP contribution in [-0.4, -0.2) is 11.7 Å². The van der Waals surface area contributed by atoms with Gasteiger partial charge in [0, 0.05) is 6.42 Å². The Labute approximate surface area is 94.8 Å². The number of aliphatic hydroxyl groups excluding tert-OH is 1. The van der Waals surface area contributed by atoms with Gasteiger partial charge in [-0.05, 0) is 24.6 Å². The highest BCUT2D eigenvalue weighted by Crippen LogP contribution is 2.27. The van der Waals surface area contributed by atoms with Gasteiger partial charge in [0.1, 0.15) is 5.75 Å². The Morgan fingerprint density at radius 3 is 2.87 bits per heavy atom. The fraction of sp³-hybridized carbons (Fsp3) is 0.333. The number of terminal acetylenes is 1. The fourth-order valence-electron chi connectivity index (χ4n) is 1.11. The normalized spacial score (nSPS) is 11.9. The van der Waals surface area contributed by atoms with Crippen LogP contribution in [0.15, 0.2) is 18.2 Å². The number of rotatable bonds is 4. The van der Waals surface area contributed by atoms with Crippen LogP contribution in [0.4, 0.5) is 0 Å². The third-order valence-corrected chi connectivity index (χ3v) is 2.24. The molecule has 0 bridgehead atoms. The van der Waals surface area contributed by atoms with Gasteiger partial charge in [0.2, 0.25) is 0 Å². The number of benzene rings is 1. The Hall–Kier alpha value is -1.17. The molecule has 0 saturated carbocycles. The molecule has 0 amide bonds. The molecule has 1 atom stereocenters. The van der Waals surface area contributed by atoms with E-state index in [0.29, 0.717) is 23.8 Å². The maximum atomic E-state index is 9.33. The van der Waals surface area contributed by atoms with Crippen LogP contribution in [-0.2, 0) is 0 Å². The van der Waals surface area contributed by atoms with E-state index in [2.05, 4.69) is 5.92 Å². The van der Waals surface area contributed by atoms with Crippen molar-refractivity contribution >= 4 is 11.6 Å². The molecule has 0 heterocycles. The third-order valence-electron chi connectivity index (χ3n) is 1.94. The van der Waals surface area contributed by atoms with Gasteiger partial charge in [0.05, 0.1) is 17.7 Å². The molecule has 0 fully saturated rings. The summed E-state index contributed by atoms with van der Waals surface area (Å²) >= 11 is 5.96. The number of hydrogen-bond acceptors (Lipinski definition) is 2. The largest absolute Gasteiger partial charge is 0.491 e. The molecular weight excluding hydrogens is 212 g/mol. The summed E-state index contributed by atoms with van der Waals surface area (Å²) in [6, 6.07) is 5.21. The van der Waals surface area contributed by atoms with E-state index >= 15 is 0 Å². The van der Waals surface area contributed by atoms with Gasteiger partial charge < -0.3 is 9.84 Å². The van der Waals surface area contributed by atoms with Crippen LogP contribution in [0.3, 0.4) is 0 Å². The smallest absolute Gasteiger partial charge is 0.137 e. The zero-order chi connectivity index (χ0) is 11.3. The van der Waals surface area contributed by atoms with Crippen LogP contribution < -0.4 is 4.74 Å². The molecule has 0 aliphatic rings. The number of halogens is 1. The average Bonchev–Trinajstić information content (AvgIpc) is 2.20. The first-order chi connectivity index (χ1) is 7.15. The van der Waals surface area contributed by atoms with Crippen LogP contribution in [0.2, 0.25) is 5.02 Å². The predicted molar refractivity (Wildman–Crippen MR) is 61.0 cm³/mol. The van der Waals surface area contributed by atoms with Gasteiger partial charge in [0.25, 0.3) is 0 Å². The van der Waals surface area contributed by atoms with Crippen molar-refractivity contribution in [3.8, 4) is 18.1 Å². The predicted octanol–water partition coefficient (Wildman–Crippen LogP) is 2.80. The van der Waals surface area contributed by atoms with Crippen molar-refractivity contribution in [2.75, 3.05) is 6.61 Å². The van der Waals surface area contributed by atoms with E-state index in [-0.39, 0.29) is 0 Å². The van der Waals surface area contributed by atoms with E-state index < -0.39 is 6.10 Å². The molecule has 80 valence electrons. The number of hydrogen-bond donors (Lipinski definition) is 1. The molecule has 0 spiro atoms. The topological polar surface area (TPSA) is 29.5 Å². The molecule has 0 radical (unpaired) electrons. The van der Waals surface area contributed by atoms with Crippen molar-refractivity contribution in [2.24, 2.45) is 0 Å². The van der Waals surface area contributed by atoms with Gasteiger partial charge in [-0.2, -0.15) is 0 Å².